The standard InChI is InChI=1S/C16H23O5P/c17-16(18)15(11-13-7-3-1-4-8-13)21-22(19,20)12-14-9-5-2-6-10-14/h2,5-6,9-10,13,15H,1,3-4,7-8,11-12H2,(H,17,18)(H,19,20). The molecule has 0 bridgehead atoms. The lowest BCUT2D eigenvalue weighted by Gasteiger charge is -2.25. The minimum Gasteiger partial charge on any atom is -0.479 e. The smallest absolute Gasteiger partial charge is 0.333 e. The minimum atomic E-state index is -3.97. The van der Waals surface area contributed by atoms with Crippen LogP contribution in [0.5, 0.6) is 0 Å². The largest absolute Gasteiger partial charge is 0.479 e. The van der Waals surface area contributed by atoms with Gasteiger partial charge in [0.1, 0.15) is 0 Å². The normalized spacial score (nSPS) is 20.2. The van der Waals surface area contributed by atoms with Crippen LogP contribution >= 0.6 is 7.60 Å². The number of rotatable bonds is 7. The highest BCUT2D eigenvalue weighted by Crippen LogP contribution is 2.48. The van der Waals surface area contributed by atoms with Gasteiger partial charge >= 0.3 is 13.6 Å². The molecule has 0 heterocycles. The van der Waals surface area contributed by atoms with Gasteiger partial charge < -0.3 is 10.00 Å². The summed E-state index contributed by atoms with van der Waals surface area (Å²) in [6.45, 7) is 0. The molecule has 5 nitrogen and oxygen atoms in total. The lowest BCUT2D eigenvalue weighted by Crippen LogP contribution is -2.27. The maximum absolute atomic E-state index is 12.2. The zero-order chi connectivity index (χ0) is 16.0. The van der Waals surface area contributed by atoms with Gasteiger partial charge in [0.15, 0.2) is 6.10 Å². The van der Waals surface area contributed by atoms with Crippen LogP contribution in [0.2, 0.25) is 0 Å². The van der Waals surface area contributed by atoms with E-state index in [4.69, 9.17) is 4.52 Å². The van der Waals surface area contributed by atoms with Crippen molar-refractivity contribution in [3.05, 3.63) is 35.9 Å². The molecule has 2 atom stereocenters. The Bertz CT molecular complexity index is 525. The van der Waals surface area contributed by atoms with Gasteiger partial charge in [0.2, 0.25) is 0 Å². The van der Waals surface area contributed by atoms with Gasteiger partial charge in [0, 0.05) is 0 Å². The van der Waals surface area contributed by atoms with Crippen LogP contribution in [0, 0.1) is 5.92 Å². The Balaban J connectivity index is 1.96. The summed E-state index contributed by atoms with van der Waals surface area (Å²) in [5.74, 6) is -0.889. The first-order valence-electron chi connectivity index (χ1n) is 7.73. The van der Waals surface area contributed by atoms with Crippen molar-refractivity contribution in [1.29, 1.82) is 0 Å². The van der Waals surface area contributed by atoms with Crippen LogP contribution < -0.4 is 0 Å². The summed E-state index contributed by atoms with van der Waals surface area (Å²) in [6, 6.07) is 8.81. The third-order valence-corrected chi connectivity index (χ3v) is 5.41. The van der Waals surface area contributed by atoms with E-state index in [9.17, 15) is 19.4 Å². The average Bonchev–Trinajstić information content (AvgIpc) is 2.48. The Labute approximate surface area is 130 Å². The second kappa shape index (κ2) is 7.91. The summed E-state index contributed by atoms with van der Waals surface area (Å²) in [5, 5.41) is 9.28. The molecule has 0 radical (unpaired) electrons. The molecule has 2 unspecified atom stereocenters. The zero-order valence-corrected chi connectivity index (χ0v) is 13.5. The maximum atomic E-state index is 12.2. The predicted molar refractivity (Wildman–Crippen MR) is 83.7 cm³/mol. The van der Waals surface area contributed by atoms with Crippen LogP contribution in [0.4, 0.5) is 0 Å². The minimum absolute atomic E-state index is 0.164. The van der Waals surface area contributed by atoms with E-state index >= 15 is 0 Å². The first kappa shape index (κ1) is 17.2. The SMILES string of the molecule is O=C(O)C(CC1CCCCC1)OP(=O)(O)Cc1ccccc1. The van der Waals surface area contributed by atoms with Crippen LogP contribution in [-0.4, -0.2) is 22.1 Å². The number of carboxylic acids is 1. The summed E-state index contributed by atoms with van der Waals surface area (Å²) in [7, 11) is -3.97. The molecule has 1 aromatic rings. The van der Waals surface area contributed by atoms with Crippen LogP contribution in [0.3, 0.4) is 0 Å². The van der Waals surface area contributed by atoms with E-state index in [1.165, 1.54) is 6.42 Å². The van der Waals surface area contributed by atoms with Gasteiger partial charge in [-0.3, -0.25) is 9.09 Å². The number of hydrogen-bond acceptors (Lipinski definition) is 3. The number of aliphatic carboxylic acids is 1. The van der Waals surface area contributed by atoms with Gasteiger partial charge in [-0.05, 0) is 17.9 Å². The second-order valence-corrected chi connectivity index (χ2v) is 7.76. The van der Waals surface area contributed by atoms with Crippen molar-refractivity contribution in [3.63, 3.8) is 0 Å². The third kappa shape index (κ3) is 5.56. The summed E-state index contributed by atoms with van der Waals surface area (Å²) in [6.07, 6.45) is 4.26. The van der Waals surface area contributed by atoms with Crippen molar-refractivity contribution in [3.8, 4) is 0 Å². The van der Waals surface area contributed by atoms with Gasteiger partial charge in [-0.2, -0.15) is 0 Å². The molecule has 1 aliphatic rings. The molecule has 0 saturated heterocycles. The summed E-state index contributed by atoms with van der Waals surface area (Å²) in [5.41, 5.74) is 0.662. The third-order valence-electron chi connectivity index (χ3n) is 4.06. The van der Waals surface area contributed by atoms with Gasteiger partial charge in [0.05, 0.1) is 6.16 Å². The maximum Gasteiger partial charge on any atom is 0.333 e. The van der Waals surface area contributed by atoms with Gasteiger partial charge in [-0.15, -0.1) is 0 Å². The van der Waals surface area contributed by atoms with E-state index in [0.717, 1.165) is 25.7 Å². The van der Waals surface area contributed by atoms with Crippen LogP contribution in [0.15, 0.2) is 30.3 Å². The van der Waals surface area contributed by atoms with E-state index < -0.39 is 19.7 Å². The van der Waals surface area contributed by atoms with Crippen LogP contribution in [0.25, 0.3) is 0 Å². The molecule has 2 rings (SSSR count). The molecule has 22 heavy (non-hydrogen) atoms. The first-order valence-corrected chi connectivity index (χ1v) is 9.49. The monoisotopic (exact) mass is 326 g/mol. The van der Waals surface area contributed by atoms with Crippen molar-refractivity contribution in [1.82, 2.24) is 0 Å². The molecule has 0 amide bonds. The van der Waals surface area contributed by atoms with Crippen molar-refractivity contribution < 1.29 is 23.9 Å². The highest BCUT2D eigenvalue weighted by atomic mass is 31.2. The molecule has 0 spiro atoms. The molecule has 122 valence electrons. The van der Waals surface area contributed by atoms with Crippen LogP contribution in [0.1, 0.15) is 44.1 Å². The molecule has 1 aliphatic carbocycles. The van der Waals surface area contributed by atoms with E-state index in [2.05, 4.69) is 0 Å². The Morgan fingerprint density at radius 2 is 1.86 bits per heavy atom. The number of benzene rings is 1. The Morgan fingerprint density at radius 3 is 2.45 bits per heavy atom. The molecular weight excluding hydrogens is 303 g/mol. The molecule has 0 aromatic heterocycles. The topological polar surface area (TPSA) is 83.8 Å². The van der Waals surface area contributed by atoms with E-state index in [0.29, 0.717) is 12.0 Å². The molecular formula is C16H23O5P. The second-order valence-electron chi connectivity index (χ2n) is 5.95. The molecule has 1 saturated carbocycles. The number of carboxylic acid groups (broad SMARTS) is 1. The van der Waals surface area contributed by atoms with Gasteiger partial charge in [-0.25, -0.2) is 4.79 Å². The molecule has 0 aliphatic heterocycles. The molecule has 1 aromatic carbocycles. The Morgan fingerprint density at radius 1 is 1.23 bits per heavy atom. The van der Waals surface area contributed by atoms with Crippen molar-refractivity contribution in [2.24, 2.45) is 5.92 Å². The fraction of sp³-hybridized carbons (Fsp3) is 0.562. The number of carbonyl (C=O) groups is 1. The quantitative estimate of drug-likeness (QED) is 0.744. The first-order chi connectivity index (χ1) is 10.5. The summed E-state index contributed by atoms with van der Waals surface area (Å²) >= 11 is 0. The molecule has 1 fully saturated rings. The van der Waals surface area contributed by atoms with Crippen LogP contribution in [-0.2, 0) is 20.0 Å². The Hall–Kier alpha value is -1.16. The fourth-order valence-corrected chi connectivity index (χ4v) is 4.29. The Kier molecular flexibility index (Phi) is 6.18. The van der Waals surface area contributed by atoms with E-state index in [1.54, 1.807) is 24.3 Å². The molecule has 6 heteroatoms. The lowest BCUT2D eigenvalue weighted by atomic mass is 9.85. The van der Waals surface area contributed by atoms with Crippen molar-refractivity contribution in [2.75, 3.05) is 0 Å². The van der Waals surface area contributed by atoms with Crippen molar-refractivity contribution in [2.45, 2.75) is 50.8 Å². The van der Waals surface area contributed by atoms with Gasteiger partial charge in [-0.1, -0.05) is 62.4 Å². The van der Waals surface area contributed by atoms with E-state index in [1.807, 2.05) is 6.07 Å². The summed E-state index contributed by atoms with van der Waals surface area (Å²) in [4.78, 5) is 21.3. The fourth-order valence-electron chi connectivity index (χ4n) is 2.96. The highest BCUT2D eigenvalue weighted by Gasteiger charge is 2.32. The molecule has 2 N–H and O–H groups in total. The summed E-state index contributed by atoms with van der Waals surface area (Å²) < 4.78 is 17.3. The van der Waals surface area contributed by atoms with E-state index in [-0.39, 0.29) is 12.1 Å². The predicted octanol–water partition coefficient (Wildman–Crippen LogP) is 3.81. The van der Waals surface area contributed by atoms with Crippen molar-refractivity contribution >= 4 is 13.6 Å². The zero-order valence-electron chi connectivity index (χ0n) is 12.6. The average molecular weight is 326 g/mol. The number of hydrogen-bond donors (Lipinski definition) is 2. The lowest BCUT2D eigenvalue weighted by molar-refractivity contribution is -0.146. The van der Waals surface area contributed by atoms with Gasteiger partial charge in [0.25, 0.3) is 0 Å². The highest BCUT2D eigenvalue weighted by molar-refractivity contribution is 7.52.